The zero-order chi connectivity index (χ0) is 14.0. The maximum Gasteiger partial charge on any atom is 0.407 e. The summed E-state index contributed by atoms with van der Waals surface area (Å²) in [5, 5.41) is 20.0. The van der Waals surface area contributed by atoms with E-state index in [0.29, 0.717) is 12.1 Å². The lowest BCUT2D eigenvalue weighted by atomic mass is 9.94. The molecule has 1 heterocycles. The van der Waals surface area contributed by atoms with Crippen LogP contribution >= 0.6 is 0 Å². The topological polar surface area (TPSA) is 83.7 Å². The number of likely N-dealkylation sites (tertiary alicyclic amines) is 1. The van der Waals surface area contributed by atoms with E-state index in [1.165, 1.54) is 11.0 Å². The highest BCUT2D eigenvalue weighted by Gasteiger charge is 2.28. The van der Waals surface area contributed by atoms with Gasteiger partial charge in [0.05, 0.1) is 11.0 Å². The second-order valence-electron chi connectivity index (χ2n) is 4.79. The van der Waals surface area contributed by atoms with Crippen LogP contribution in [0.5, 0.6) is 0 Å². The maximum atomic E-state index is 11.2. The molecule has 6 nitrogen and oxygen atoms in total. The van der Waals surface area contributed by atoms with Crippen LogP contribution in [0.15, 0.2) is 18.2 Å². The van der Waals surface area contributed by atoms with E-state index in [1.54, 1.807) is 19.1 Å². The number of piperidine rings is 1. The highest BCUT2D eigenvalue weighted by Crippen LogP contribution is 2.33. The van der Waals surface area contributed by atoms with Crippen molar-refractivity contribution in [1.29, 1.82) is 0 Å². The Morgan fingerprint density at radius 3 is 2.79 bits per heavy atom. The molecule has 1 aliphatic heterocycles. The molecule has 1 fully saturated rings. The summed E-state index contributed by atoms with van der Waals surface area (Å²) in [4.78, 5) is 23.0. The molecule has 0 aromatic heterocycles. The van der Waals surface area contributed by atoms with Crippen LogP contribution in [0, 0.1) is 17.0 Å². The molecule has 1 atom stereocenters. The predicted molar refractivity (Wildman–Crippen MR) is 69.2 cm³/mol. The summed E-state index contributed by atoms with van der Waals surface area (Å²) in [6.45, 7) is 2.20. The molecule has 19 heavy (non-hydrogen) atoms. The highest BCUT2D eigenvalue weighted by molar-refractivity contribution is 5.66. The number of nitrogens with zero attached hydrogens (tertiary/aromatic N) is 2. The van der Waals surface area contributed by atoms with Crippen LogP contribution in [0.2, 0.25) is 0 Å². The maximum absolute atomic E-state index is 11.2. The monoisotopic (exact) mass is 264 g/mol. The van der Waals surface area contributed by atoms with Gasteiger partial charge < -0.3 is 10.0 Å². The van der Waals surface area contributed by atoms with Crippen molar-refractivity contribution in [1.82, 2.24) is 4.90 Å². The fourth-order valence-electron chi connectivity index (χ4n) is 2.60. The van der Waals surface area contributed by atoms with Crippen LogP contribution in [0.4, 0.5) is 10.5 Å². The van der Waals surface area contributed by atoms with Gasteiger partial charge in [-0.05, 0) is 37.8 Å². The fourth-order valence-corrected chi connectivity index (χ4v) is 2.60. The molecule has 1 aliphatic rings. The molecular formula is C13H16N2O4. The van der Waals surface area contributed by atoms with E-state index in [1.807, 2.05) is 0 Å². The minimum atomic E-state index is -0.930. The molecule has 6 heteroatoms. The Morgan fingerprint density at radius 2 is 2.21 bits per heavy atom. The quantitative estimate of drug-likeness (QED) is 0.657. The van der Waals surface area contributed by atoms with Crippen LogP contribution < -0.4 is 0 Å². The summed E-state index contributed by atoms with van der Waals surface area (Å²) >= 11 is 0. The second kappa shape index (κ2) is 5.26. The van der Waals surface area contributed by atoms with Crippen molar-refractivity contribution in [2.75, 3.05) is 6.54 Å². The third kappa shape index (κ3) is 2.67. The zero-order valence-corrected chi connectivity index (χ0v) is 10.7. The molecule has 1 aromatic rings. The third-order valence-electron chi connectivity index (χ3n) is 3.55. The van der Waals surface area contributed by atoms with Crippen molar-refractivity contribution in [2.45, 2.75) is 32.2 Å². The van der Waals surface area contributed by atoms with Crippen molar-refractivity contribution in [2.24, 2.45) is 0 Å². The normalized spacial score (nSPS) is 19.2. The number of amides is 1. The van der Waals surface area contributed by atoms with E-state index in [4.69, 9.17) is 0 Å². The van der Waals surface area contributed by atoms with Gasteiger partial charge in [0, 0.05) is 18.2 Å². The van der Waals surface area contributed by atoms with Crippen molar-refractivity contribution < 1.29 is 14.8 Å². The first kappa shape index (κ1) is 13.3. The SMILES string of the molecule is Cc1cc(C2CCCCN2C(=O)O)ccc1[N+](=O)[O-]. The summed E-state index contributed by atoms with van der Waals surface area (Å²) in [7, 11) is 0. The van der Waals surface area contributed by atoms with Crippen LogP contribution in [-0.4, -0.2) is 27.6 Å². The smallest absolute Gasteiger partial charge is 0.407 e. The Morgan fingerprint density at radius 1 is 1.47 bits per heavy atom. The number of rotatable bonds is 2. The van der Waals surface area contributed by atoms with Gasteiger partial charge in [-0.3, -0.25) is 10.1 Å². The van der Waals surface area contributed by atoms with Crippen LogP contribution in [0.25, 0.3) is 0 Å². The molecule has 1 N–H and O–H groups in total. The molecule has 1 saturated heterocycles. The molecule has 1 amide bonds. The van der Waals surface area contributed by atoms with Crippen molar-refractivity contribution in [3.63, 3.8) is 0 Å². The van der Waals surface area contributed by atoms with E-state index in [9.17, 15) is 20.0 Å². The van der Waals surface area contributed by atoms with Gasteiger partial charge in [-0.2, -0.15) is 0 Å². The Kier molecular flexibility index (Phi) is 3.69. The fraction of sp³-hybridized carbons (Fsp3) is 0.462. The number of carboxylic acid groups (broad SMARTS) is 1. The van der Waals surface area contributed by atoms with E-state index in [2.05, 4.69) is 0 Å². The number of nitro groups is 1. The van der Waals surface area contributed by atoms with E-state index >= 15 is 0 Å². The van der Waals surface area contributed by atoms with Crippen molar-refractivity contribution in [3.05, 3.63) is 39.4 Å². The number of aryl methyl sites for hydroxylation is 1. The second-order valence-corrected chi connectivity index (χ2v) is 4.79. The number of carbonyl (C=O) groups is 1. The van der Waals surface area contributed by atoms with E-state index < -0.39 is 11.0 Å². The molecule has 0 spiro atoms. The summed E-state index contributed by atoms with van der Waals surface area (Å²) in [6.07, 6.45) is 1.68. The van der Waals surface area contributed by atoms with Crippen molar-refractivity contribution in [3.8, 4) is 0 Å². The Labute approximate surface area is 110 Å². The molecule has 2 rings (SSSR count). The summed E-state index contributed by atoms with van der Waals surface area (Å²) in [5.74, 6) is 0. The number of hydrogen-bond acceptors (Lipinski definition) is 3. The lowest BCUT2D eigenvalue weighted by Crippen LogP contribution is -2.37. The van der Waals surface area contributed by atoms with E-state index in [0.717, 1.165) is 24.8 Å². The molecule has 0 radical (unpaired) electrons. The highest BCUT2D eigenvalue weighted by atomic mass is 16.6. The summed E-state index contributed by atoms with van der Waals surface area (Å²) in [5.41, 5.74) is 1.48. The lowest BCUT2D eigenvalue weighted by molar-refractivity contribution is -0.385. The van der Waals surface area contributed by atoms with Gasteiger partial charge in [0.15, 0.2) is 0 Å². The van der Waals surface area contributed by atoms with Gasteiger partial charge in [0.1, 0.15) is 0 Å². The molecule has 0 saturated carbocycles. The van der Waals surface area contributed by atoms with Crippen LogP contribution in [0.1, 0.15) is 36.4 Å². The minimum absolute atomic E-state index is 0.0708. The minimum Gasteiger partial charge on any atom is -0.465 e. The average Bonchev–Trinajstić information content (AvgIpc) is 2.38. The Balaban J connectivity index is 2.32. The molecule has 0 aliphatic carbocycles. The van der Waals surface area contributed by atoms with Gasteiger partial charge >= 0.3 is 6.09 Å². The molecule has 1 aromatic carbocycles. The summed E-state index contributed by atoms with van der Waals surface area (Å²) < 4.78 is 0. The average molecular weight is 264 g/mol. The van der Waals surface area contributed by atoms with Crippen molar-refractivity contribution >= 4 is 11.8 Å². The number of benzene rings is 1. The number of nitro benzene ring substituents is 1. The van der Waals surface area contributed by atoms with Gasteiger partial charge in [-0.25, -0.2) is 4.79 Å². The van der Waals surface area contributed by atoms with Gasteiger partial charge in [0.25, 0.3) is 5.69 Å². The van der Waals surface area contributed by atoms with Gasteiger partial charge in [-0.15, -0.1) is 0 Å². The number of hydrogen-bond donors (Lipinski definition) is 1. The predicted octanol–water partition coefficient (Wildman–Crippen LogP) is 3.11. The zero-order valence-electron chi connectivity index (χ0n) is 10.7. The molecule has 0 bridgehead atoms. The van der Waals surface area contributed by atoms with Crippen LogP contribution in [0.3, 0.4) is 0 Å². The Bertz CT molecular complexity index is 515. The van der Waals surface area contributed by atoms with Gasteiger partial charge in [0.2, 0.25) is 0 Å². The standard InChI is InChI=1S/C13H16N2O4/c1-9-8-10(5-6-11(9)15(18)19)12-4-2-3-7-14(12)13(16)17/h5-6,8,12H,2-4,7H2,1H3,(H,16,17). The largest absolute Gasteiger partial charge is 0.465 e. The van der Waals surface area contributed by atoms with Gasteiger partial charge in [-0.1, -0.05) is 6.07 Å². The first-order valence-corrected chi connectivity index (χ1v) is 6.25. The molecule has 1 unspecified atom stereocenters. The van der Waals surface area contributed by atoms with Crippen LogP contribution in [-0.2, 0) is 0 Å². The molecule has 102 valence electrons. The third-order valence-corrected chi connectivity index (χ3v) is 3.55. The summed E-state index contributed by atoms with van der Waals surface area (Å²) in [6, 6.07) is 4.66. The lowest BCUT2D eigenvalue weighted by Gasteiger charge is -2.33. The first-order valence-electron chi connectivity index (χ1n) is 6.25. The molecular weight excluding hydrogens is 248 g/mol. The Hall–Kier alpha value is -2.11. The first-order chi connectivity index (χ1) is 9.00. The van der Waals surface area contributed by atoms with E-state index in [-0.39, 0.29) is 11.7 Å².